The van der Waals surface area contributed by atoms with Gasteiger partial charge in [0.15, 0.2) is 5.82 Å². The first-order valence-corrected chi connectivity index (χ1v) is 7.38. The predicted molar refractivity (Wildman–Crippen MR) is 82.4 cm³/mol. The van der Waals surface area contributed by atoms with Gasteiger partial charge in [0.1, 0.15) is 5.60 Å². The second-order valence-electron chi connectivity index (χ2n) is 6.16. The molecule has 0 saturated carbocycles. The number of methoxy groups -OCH3 is 1. The second-order valence-corrected chi connectivity index (χ2v) is 6.16. The number of carbonyl (C=O) groups excluding carboxylic acids is 1. The lowest BCUT2D eigenvalue weighted by Gasteiger charge is -2.26. The largest absolute Gasteiger partial charge is 0.479 e. The standard InChI is InChI=1S/C10H19NO2.C6H6FNO/c1-8-6-5-7-11(8)9(12)13-10(2,3)4;1-9-6-5(7)3-2-4-8-6/h8H,5-7H2,1-4H3;2-4H,1H3. The van der Waals surface area contributed by atoms with Crippen LogP contribution in [0, 0.1) is 5.82 Å². The first-order valence-electron chi connectivity index (χ1n) is 7.38. The molecule has 6 heteroatoms. The monoisotopic (exact) mass is 312 g/mol. The molecule has 1 aliphatic rings. The molecule has 5 nitrogen and oxygen atoms in total. The first kappa shape index (κ1) is 18.2. The molecule has 0 bridgehead atoms. The van der Waals surface area contributed by atoms with Gasteiger partial charge in [-0.1, -0.05) is 0 Å². The Morgan fingerprint density at radius 1 is 1.45 bits per heavy atom. The number of rotatable bonds is 1. The molecular weight excluding hydrogens is 287 g/mol. The van der Waals surface area contributed by atoms with E-state index in [-0.39, 0.29) is 17.6 Å². The number of amides is 1. The van der Waals surface area contributed by atoms with Crippen molar-refractivity contribution in [3.8, 4) is 5.88 Å². The third-order valence-corrected chi connectivity index (χ3v) is 3.10. The van der Waals surface area contributed by atoms with Crippen molar-refractivity contribution in [1.29, 1.82) is 0 Å². The van der Waals surface area contributed by atoms with Crippen LogP contribution in [0.5, 0.6) is 5.88 Å². The molecule has 0 N–H and O–H groups in total. The Hall–Kier alpha value is -1.85. The average molecular weight is 312 g/mol. The maximum absolute atomic E-state index is 12.4. The van der Waals surface area contributed by atoms with Gasteiger partial charge in [0.05, 0.1) is 7.11 Å². The quantitative estimate of drug-likeness (QED) is 0.794. The number of likely N-dealkylation sites (tertiary alicyclic amines) is 1. The van der Waals surface area contributed by atoms with Crippen molar-refractivity contribution < 1.29 is 18.7 Å². The highest BCUT2D eigenvalue weighted by molar-refractivity contribution is 5.68. The van der Waals surface area contributed by atoms with E-state index in [9.17, 15) is 9.18 Å². The summed E-state index contributed by atoms with van der Waals surface area (Å²) in [5.74, 6) is -0.391. The molecule has 1 saturated heterocycles. The summed E-state index contributed by atoms with van der Waals surface area (Å²) >= 11 is 0. The van der Waals surface area contributed by atoms with Gasteiger partial charge in [-0.15, -0.1) is 0 Å². The van der Waals surface area contributed by atoms with E-state index in [1.165, 1.54) is 25.4 Å². The molecule has 0 aromatic carbocycles. The van der Waals surface area contributed by atoms with Crippen LogP contribution in [0.3, 0.4) is 0 Å². The lowest BCUT2D eigenvalue weighted by atomic mass is 10.2. The number of aromatic nitrogens is 1. The number of nitrogens with zero attached hydrogens (tertiary/aromatic N) is 2. The Morgan fingerprint density at radius 3 is 2.55 bits per heavy atom. The Labute approximate surface area is 131 Å². The molecule has 0 radical (unpaired) electrons. The van der Waals surface area contributed by atoms with Gasteiger partial charge in [-0.3, -0.25) is 0 Å². The molecule has 1 atom stereocenters. The van der Waals surface area contributed by atoms with Crippen LogP contribution in [-0.2, 0) is 4.74 Å². The van der Waals surface area contributed by atoms with E-state index >= 15 is 0 Å². The summed E-state index contributed by atoms with van der Waals surface area (Å²) in [6, 6.07) is 3.15. The summed E-state index contributed by atoms with van der Waals surface area (Å²) in [4.78, 5) is 17.0. The summed E-state index contributed by atoms with van der Waals surface area (Å²) in [5.41, 5.74) is -0.376. The van der Waals surface area contributed by atoms with Crippen LogP contribution < -0.4 is 4.74 Å². The van der Waals surface area contributed by atoms with Crippen LogP contribution >= 0.6 is 0 Å². The summed E-state index contributed by atoms with van der Waals surface area (Å²) in [5, 5.41) is 0. The van der Waals surface area contributed by atoms with Crippen LogP contribution in [0.2, 0.25) is 0 Å². The molecule has 1 aromatic rings. The zero-order valence-corrected chi connectivity index (χ0v) is 13.9. The molecule has 1 fully saturated rings. The fraction of sp³-hybridized carbons (Fsp3) is 0.625. The Kier molecular flexibility index (Phi) is 6.59. The van der Waals surface area contributed by atoms with E-state index in [0.717, 1.165) is 19.4 Å². The number of hydrogen-bond donors (Lipinski definition) is 0. The van der Waals surface area contributed by atoms with Gasteiger partial charge in [0.25, 0.3) is 0 Å². The van der Waals surface area contributed by atoms with Crippen molar-refractivity contribution in [1.82, 2.24) is 9.88 Å². The molecule has 2 heterocycles. The number of halogens is 1. The molecule has 1 aromatic heterocycles. The molecule has 0 spiro atoms. The lowest BCUT2D eigenvalue weighted by molar-refractivity contribution is 0.0239. The topological polar surface area (TPSA) is 51.7 Å². The fourth-order valence-corrected chi connectivity index (χ4v) is 2.05. The summed E-state index contributed by atoms with van der Waals surface area (Å²) < 4.78 is 22.2. The SMILES string of the molecule is CC1CCCN1C(=O)OC(C)(C)C.COc1ncccc1F. The van der Waals surface area contributed by atoms with Crippen molar-refractivity contribution in [2.75, 3.05) is 13.7 Å². The Morgan fingerprint density at radius 2 is 2.14 bits per heavy atom. The minimum Gasteiger partial charge on any atom is -0.479 e. The third kappa shape index (κ3) is 5.87. The normalized spacial score (nSPS) is 17.5. The van der Waals surface area contributed by atoms with Gasteiger partial charge in [-0.05, 0) is 52.7 Å². The van der Waals surface area contributed by atoms with Gasteiger partial charge < -0.3 is 14.4 Å². The Bertz CT molecular complexity index is 489. The maximum atomic E-state index is 12.4. The highest BCUT2D eigenvalue weighted by atomic mass is 19.1. The van der Waals surface area contributed by atoms with E-state index < -0.39 is 5.82 Å². The minimum absolute atomic E-state index is 0.0394. The summed E-state index contributed by atoms with van der Waals surface area (Å²) in [7, 11) is 1.38. The molecule has 1 aliphatic heterocycles. The lowest BCUT2D eigenvalue weighted by Crippen LogP contribution is -2.38. The first-order chi connectivity index (χ1) is 10.2. The molecule has 22 heavy (non-hydrogen) atoms. The van der Waals surface area contributed by atoms with Crippen LogP contribution in [0.25, 0.3) is 0 Å². The van der Waals surface area contributed by atoms with Crippen LogP contribution in [0.1, 0.15) is 40.5 Å². The maximum Gasteiger partial charge on any atom is 0.410 e. The predicted octanol–water partition coefficient (Wildman–Crippen LogP) is 3.64. The number of pyridine rings is 1. The third-order valence-electron chi connectivity index (χ3n) is 3.10. The summed E-state index contributed by atoms with van der Waals surface area (Å²) in [6.45, 7) is 8.59. The van der Waals surface area contributed by atoms with Crippen LogP contribution in [-0.4, -0.2) is 41.3 Å². The molecule has 2 rings (SSSR count). The van der Waals surface area contributed by atoms with Crippen LogP contribution in [0.4, 0.5) is 9.18 Å². The van der Waals surface area contributed by atoms with E-state index in [4.69, 9.17) is 4.74 Å². The van der Waals surface area contributed by atoms with Crippen molar-refractivity contribution in [2.45, 2.75) is 52.2 Å². The molecule has 1 amide bonds. The fourth-order valence-electron chi connectivity index (χ4n) is 2.05. The number of hydrogen-bond acceptors (Lipinski definition) is 4. The van der Waals surface area contributed by atoms with Crippen molar-refractivity contribution in [2.24, 2.45) is 0 Å². The zero-order chi connectivity index (χ0) is 16.8. The van der Waals surface area contributed by atoms with Gasteiger partial charge in [-0.2, -0.15) is 0 Å². The van der Waals surface area contributed by atoms with Gasteiger partial charge in [0.2, 0.25) is 5.88 Å². The zero-order valence-electron chi connectivity index (χ0n) is 13.9. The van der Waals surface area contributed by atoms with Gasteiger partial charge in [0, 0.05) is 18.8 Å². The minimum atomic E-state index is -0.431. The number of ether oxygens (including phenoxy) is 2. The molecule has 124 valence electrons. The molecular formula is C16H25FN2O3. The van der Waals surface area contributed by atoms with E-state index in [1.54, 1.807) is 0 Å². The van der Waals surface area contributed by atoms with Crippen molar-refractivity contribution in [3.63, 3.8) is 0 Å². The van der Waals surface area contributed by atoms with Crippen LogP contribution in [0.15, 0.2) is 18.3 Å². The second kappa shape index (κ2) is 7.96. The smallest absolute Gasteiger partial charge is 0.410 e. The van der Waals surface area contributed by atoms with E-state index in [0.29, 0.717) is 6.04 Å². The highest BCUT2D eigenvalue weighted by Crippen LogP contribution is 2.19. The summed E-state index contributed by atoms with van der Waals surface area (Å²) in [6.07, 6.45) is 3.50. The van der Waals surface area contributed by atoms with Gasteiger partial charge in [-0.25, -0.2) is 14.2 Å². The van der Waals surface area contributed by atoms with E-state index in [2.05, 4.69) is 16.6 Å². The Balaban J connectivity index is 0.000000235. The van der Waals surface area contributed by atoms with Gasteiger partial charge >= 0.3 is 6.09 Å². The highest BCUT2D eigenvalue weighted by Gasteiger charge is 2.28. The van der Waals surface area contributed by atoms with E-state index in [1.807, 2.05) is 25.7 Å². The van der Waals surface area contributed by atoms with Crippen molar-refractivity contribution >= 4 is 6.09 Å². The number of carbonyl (C=O) groups is 1. The van der Waals surface area contributed by atoms with Crippen molar-refractivity contribution in [3.05, 3.63) is 24.1 Å². The molecule has 0 aliphatic carbocycles. The average Bonchev–Trinajstić information content (AvgIpc) is 2.84. The molecule has 1 unspecified atom stereocenters.